The lowest BCUT2D eigenvalue weighted by Gasteiger charge is -2.13. The maximum atomic E-state index is 5.67. The molecule has 0 saturated heterocycles. The van der Waals surface area contributed by atoms with Gasteiger partial charge < -0.3 is 10.1 Å². The van der Waals surface area contributed by atoms with E-state index in [1.54, 1.807) is 24.7 Å². The summed E-state index contributed by atoms with van der Waals surface area (Å²) in [4.78, 5) is 12.6. The number of aromatic nitrogens is 3. The Balaban J connectivity index is 1.92. The van der Waals surface area contributed by atoms with Crippen LogP contribution >= 0.6 is 0 Å². The summed E-state index contributed by atoms with van der Waals surface area (Å²) in [5, 5.41) is 3.29. The highest BCUT2D eigenvalue weighted by atomic mass is 16.5. The molecule has 2 aromatic heterocycles. The Morgan fingerprint density at radius 1 is 1.05 bits per heavy atom. The highest BCUT2D eigenvalue weighted by Gasteiger charge is 2.06. The van der Waals surface area contributed by atoms with Gasteiger partial charge in [-0.25, -0.2) is 15.0 Å². The van der Waals surface area contributed by atoms with Crippen molar-refractivity contribution >= 4 is 0 Å². The van der Waals surface area contributed by atoms with Crippen molar-refractivity contribution in [1.29, 1.82) is 0 Å². The quantitative estimate of drug-likeness (QED) is 0.858. The zero-order valence-electron chi connectivity index (χ0n) is 11.2. The molecule has 19 heavy (non-hydrogen) atoms. The van der Waals surface area contributed by atoms with Crippen molar-refractivity contribution in [1.82, 2.24) is 20.3 Å². The molecule has 5 nitrogen and oxygen atoms in total. The van der Waals surface area contributed by atoms with Crippen LogP contribution in [0, 0.1) is 0 Å². The smallest absolute Gasteiger partial charge is 0.218 e. The van der Waals surface area contributed by atoms with Gasteiger partial charge in [-0.15, -0.1) is 0 Å². The van der Waals surface area contributed by atoms with E-state index < -0.39 is 0 Å². The molecule has 0 aliphatic heterocycles. The SMILES string of the molecule is CC(C)Oc1ncccc1CNCc1ncccn1. The third-order valence-corrected chi connectivity index (χ3v) is 2.42. The van der Waals surface area contributed by atoms with E-state index in [9.17, 15) is 0 Å². The molecule has 2 aromatic rings. The fourth-order valence-electron chi connectivity index (χ4n) is 1.62. The lowest BCUT2D eigenvalue weighted by atomic mass is 10.2. The first-order valence-electron chi connectivity index (χ1n) is 6.33. The van der Waals surface area contributed by atoms with Crippen molar-refractivity contribution in [3.63, 3.8) is 0 Å². The van der Waals surface area contributed by atoms with Crippen LogP contribution in [0.1, 0.15) is 25.2 Å². The Morgan fingerprint density at radius 3 is 2.53 bits per heavy atom. The fraction of sp³-hybridized carbons (Fsp3) is 0.357. The van der Waals surface area contributed by atoms with Crippen LogP contribution in [0.25, 0.3) is 0 Å². The van der Waals surface area contributed by atoms with E-state index >= 15 is 0 Å². The van der Waals surface area contributed by atoms with Gasteiger partial charge in [-0.3, -0.25) is 0 Å². The summed E-state index contributed by atoms with van der Waals surface area (Å²) < 4.78 is 5.67. The van der Waals surface area contributed by atoms with E-state index in [1.165, 1.54) is 0 Å². The minimum atomic E-state index is 0.117. The van der Waals surface area contributed by atoms with E-state index in [1.807, 2.05) is 26.0 Å². The van der Waals surface area contributed by atoms with Gasteiger partial charge in [0.05, 0.1) is 12.6 Å². The fourth-order valence-corrected chi connectivity index (χ4v) is 1.62. The van der Waals surface area contributed by atoms with E-state index in [4.69, 9.17) is 4.74 Å². The van der Waals surface area contributed by atoms with Crippen LogP contribution in [-0.4, -0.2) is 21.1 Å². The summed E-state index contributed by atoms with van der Waals surface area (Å²) in [6.07, 6.45) is 5.33. The number of hydrogen-bond donors (Lipinski definition) is 1. The second kappa shape index (κ2) is 6.80. The number of pyridine rings is 1. The van der Waals surface area contributed by atoms with Crippen LogP contribution in [0.5, 0.6) is 5.88 Å². The summed E-state index contributed by atoms with van der Waals surface area (Å²) in [5.74, 6) is 1.46. The molecule has 0 saturated carbocycles. The van der Waals surface area contributed by atoms with Crippen molar-refractivity contribution < 1.29 is 4.74 Å². The topological polar surface area (TPSA) is 59.9 Å². The highest BCUT2D eigenvalue weighted by Crippen LogP contribution is 2.15. The van der Waals surface area contributed by atoms with Gasteiger partial charge in [0.2, 0.25) is 5.88 Å². The monoisotopic (exact) mass is 258 g/mol. The molecule has 0 spiro atoms. The molecule has 0 aliphatic carbocycles. The maximum absolute atomic E-state index is 5.67. The molecule has 0 radical (unpaired) electrons. The van der Waals surface area contributed by atoms with E-state index in [0.717, 1.165) is 11.4 Å². The van der Waals surface area contributed by atoms with E-state index in [0.29, 0.717) is 19.0 Å². The minimum absolute atomic E-state index is 0.117. The predicted molar refractivity (Wildman–Crippen MR) is 72.6 cm³/mol. The van der Waals surface area contributed by atoms with Crippen LogP contribution in [0.4, 0.5) is 0 Å². The second-order valence-corrected chi connectivity index (χ2v) is 4.40. The van der Waals surface area contributed by atoms with Crippen molar-refractivity contribution in [3.8, 4) is 5.88 Å². The number of ether oxygens (including phenoxy) is 1. The van der Waals surface area contributed by atoms with Crippen molar-refractivity contribution in [2.45, 2.75) is 33.0 Å². The molecule has 2 rings (SSSR count). The second-order valence-electron chi connectivity index (χ2n) is 4.40. The molecule has 0 atom stereocenters. The van der Waals surface area contributed by atoms with Crippen molar-refractivity contribution in [3.05, 3.63) is 48.2 Å². The molecule has 0 fully saturated rings. The van der Waals surface area contributed by atoms with Crippen molar-refractivity contribution in [2.75, 3.05) is 0 Å². The molecule has 0 bridgehead atoms. The molecule has 0 aliphatic rings. The third kappa shape index (κ3) is 4.30. The first kappa shape index (κ1) is 13.4. The van der Waals surface area contributed by atoms with Gasteiger partial charge >= 0.3 is 0 Å². The highest BCUT2D eigenvalue weighted by molar-refractivity contribution is 5.25. The summed E-state index contributed by atoms with van der Waals surface area (Å²) in [7, 11) is 0. The maximum Gasteiger partial charge on any atom is 0.218 e. The number of nitrogens with one attached hydrogen (secondary N) is 1. The third-order valence-electron chi connectivity index (χ3n) is 2.42. The summed E-state index contributed by atoms with van der Waals surface area (Å²) in [5.41, 5.74) is 1.03. The Kier molecular flexibility index (Phi) is 4.80. The Hall–Kier alpha value is -2.01. The number of hydrogen-bond acceptors (Lipinski definition) is 5. The van der Waals surface area contributed by atoms with E-state index in [2.05, 4.69) is 20.3 Å². The van der Waals surface area contributed by atoms with Crippen LogP contribution in [-0.2, 0) is 13.1 Å². The zero-order valence-corrected chi connectivity index (χ0v) is 11.2. The first-order valence-corrected chi connectivity index (χ1v) is 6.33. The summed E-state index contributed by atoms with van der Waals surface area (Å²) >= 11 is 0. The van der Waals surface area contributed by atoms with Gasteiger partial charge in [-0.2, -0.15) is 0 Å². The van der Waals surface area contributed by atoms with Gasteiger partial charge in [0.1, 0.15) is 5.82 Å². The number of rotatable bonds is 6. The molecule has 0 unspecified atom stereocenters. The normalized spacial score (nSPS) is 10.7. The zero-order chi connectivity index (χ0) is 13.5. The van der Waals surface area contributed by atoms with Gasteiger partial charge in [0.25, 0.3) is 0 Å². The molecule has 5 heteroatoms. The molecule has 0 amide bonds. The average molecular weight is 258 g/mol. The van der Waals surface area contributed by atoms with Gasteiger partial charge in [-0.05, 0) is 26.0 Å². The van der Waals surface area contributed by atoms with Gasteiger partial charge in [0.15, 0.2) is 0 Å². The molecular formula is C14H18N4O. The molecule has 2 heterocycles. The Labute approximate surface area is 113 Å². The Bertz CT molecular complexity index is 502. The molecule has 0 aromatic carbocycles. The van der Waals surface area contributed by atoms with Crippen LogP contribution in [0.15, 0.2) is 36.8 Å². The van der Waals surface area contributed by atoms with Gasteiger partial charge in [0, 0.05) is 30.7 Å². The molecule has 100 valence electrons. The number of nitrogens with zero attached hydrogens (tertiary/aromatic N) is 3. The molecule has 1 N–H and O–H groups in total. The lowest BCUT2D eigenvalue weighted by Crippen LogP contribution is -2.17. The predicted octanol–water partition coefficient (Wildman–Crippen LogP) is 1.95. The minimum Gasteiger partial charge on any atom is -0.475 e. The van der Waals surface area contributed by atoms with Crippen molar-refractivity contribution in [2.24, 2.45) is 0 Å². The largest absolute Gasteiger partial charge is 0.475 e. The average Bonchev–Trinajstić information content (AvgIpc) is 2.41. The Morgan fingerprint density at radius 2 is 1.79 bits per heavy atom. The summed E-state index contributed by atoms with van der Waals surface area (Å²) in [6, 6.07) is 5.71. The van der Waals surface area contributed by atoms with Crippen LogP contribution < -0.4 is 10.1 Å². The molecular weight excluding hydrogens is 240 g/mol. The van der Waals surface area contributed by atoms with Gasteiger partial charge in [-0.1, -0.05) is 6.07 Å². The summed E-state index contributed by atoms with van der Waals surface area (Å²) in [6.45, 7) is 5.28. The van der Waals surface area contributed by atoms with Crippen LogP contribution in [0.2, 0.25) is 0 Å². The standard InChI is InChI=1S/C14H18N4O/c1-11(2)19-14-12(5-3-6-18-14)9-15-10-13-16-7-4-8-17-13/h3-8,11,15H,9-10H2,1-2H3. The van der Waals surface area contributed by atoms with E-state index in [-0.39, 0.29) is 6.10 Å². The lowest BCUT2D eigenvalue weighted by molar-refractivity contribution is 0.229. The first-order chi connectivity index (χ1) is 9.25. The van der Waals surface area contributed by atoms with Crippen LogP contribution in [0.3, 0.4) is 0 Å².